The predicted molar refractivity (Wildman–Crippen MR) is 56.8 cm³/mol. The lowest BCUT2D eigenvalue weighted by atomic mass is 9.90. The lowest BCUT2D eigenvalue weighted by Gasteiger charge is -2.15. The van der Waals surface area contributed by atoms with Crippen molar-refractivity contribution < 1.29 is 14.3 Å². The maximum absolute atomic E-state index is 11.9. The fraction of sp³-hybridized carbons (Fsp3) is 0.500. The highest BCUT2D eigenvalue weighted by Gasteiger charge is 2.32. The van der Waals surface area contributed by atoms with Crippen molar-refractivity contribution in [1.29, 1.82) is 0 Å². The number of ketones is 1. The zero-order chi connectivity index (χ0) is 11.4. The Bertz CT molecular complexity index is 346. The van der Waals surface area contributed by atoms with E-state index in [1.807, 2.05) is 13.8 Å². The quantitative estimate of drug-likeness (QED) is 0.447. The summed E-state index contributed by atoms with van der Waals surface area (Å²) in [5.41, 5.74) is 1.91. The molecule has 0 saturated heterocycles. The van der Waals surface area contributed by atoms with E-state index in [1.54, 1.807) is 10.9 Å². The van der Waals surface area contributed by atoms with Crippen molar-refractivity contribution >= 4 is 23.1 Å². The molecule has 0 aliphatic rings. The number of thiazole rings is 1. The standard InChI is InChI=1S/C10H13NO3S/c1-6(2)8(10(13)14-3)9(12)7-4-15-5-11-7/h4-6,8H,1-3H3. The van der Waals surface area contributed by atoms with Crippen molar-refractivity contribution in [1.82, 2.24) is 4.98 Å². The summed E-state index contributed by atoms with van der Waals surface area (Å²) >= 11 is 1.33. The number of methoxy groups -OCH3 is 1. The number of hydrogen-bond acceptors (Lipinski definition) is 5. The first-order valence-corrected chi connectivity index (χ1v) is 5.52. The van der Waals surface area contributed by atoms with Crippen molar-refractivity contribution in [2.24, 2.45) is 11.8 Å². The number of carbonyl (C=O) groups excluding carboxylic acids is 2. The number of ether oxygens (including phenoxy) is 1. The van der Waals surface area contributed by atoms with Gasteiger partial charge >= 0.3 is 5.97 Å². The molecule has 0 aromatic carbocycles. The van der Waals surface area contributed by atoms with E-state index < -0.39 is 11.9 Å². The molecule has 82 valence electrons. The smallest absolute Gasteiger partial charge is 0.316 e. The lowest BCUT2D eigenvalue weighted by Crippen LogP contribution is -2.30. The van der Waals surface area contributed by atoms with Crippen molar-refractivity contribution in [3.05, 3.63) is 16.6 Å². The topological polar surface area (TPSA) is 56.3 Å². The normalized spacial score (nSPS) is 12.5. The van der Waals surface area contributed by atoms with Gasteiger partial charge in [-0.1, -0.05) is 13.8 Å². The Morgan fingerprint density at radius 3 is 2.53 bits per heavy atom. The second-order valence-corrected chi connectivity index (χ2v) is 4.20. The van der Waals surface area contributed by atoms with Gasteiger partial charge in [0.05, 0.1) is 12.6 Å². The molecule has 0 bridgehead atoms. The van der Waals surface area contributed by atoms with Crippen LogP contribution in [0.2, 0.25) is 0 Å². The molecule has 1 rings (SSSR count). The summed E-state index contributed by atoms with van der Waals surface area (Å²) in [6.45, 7) is 3.62. The highest BCUT2D eigenvalue weighted by Crippen LogP contribution is 2.18. The molecule has 0 fully saturated rings. The minimum atomic E-state index is -0.753. The second-order valence-electron chi connectivity index (χ2n) is 3.48. The van der Waals surface area contributed by atoms with Gasteiger partial charge in [0.15, 0.2) is 5.78 Å². The molecule has 1 aromatic heterocycles. The molecule has 4 nitrogen and oxygen atoms in total. The Morgan fingerprint density at radius 1 is 1.47 bits per heavy atom. The summed E-state index contributed by atoms with van der Waals surface area (Å²) in [6.07, 6.45) is 0. The van der Waals surface area contributed by atoms with Gasteiger partial charge in [0, 0.05) is 5.38 Å². The Morgan fingerprint density at radius 2 is 2.13 bits per heavy atom. The van der Waals surface area contributed by atoms with Gasteiger partial charge in [-0.05, 0) is 5.92 Å². The fourth-order valence-electron chi connectivity index (χ4n) is 1.30. The largest absolute Gasteiger partial charge is 0.468 e. The predicted octanol–water partition coefficient (Wildman–Crippen LogP) is 1.77. The van der Waals surface area contributed by atoms with Gasteiger partial charge in [-0.3, -0.25) is 9.59 Å². The van der Waals surface area contributed by atoms with Gasteiger partial charge in [-0.2, -0.15) is 0 Å². The summed E-state index contributed by atoms with van der Waals surface area (Å²) in [4.78, 5) is 27.2. The SMILES string of the molecule is COC(=O)C(C(=O)c1cscn1)C(C)C. The van der Waals surface area contributed by atoms with Crippen LogP contribution in [-0.2, 0) is 9.53 Å². The molecule has 1 heterocycles. The Hall–Kier alpha value is -1.23. The highest BCUT2D eigenvalue weighted by atomic mass is 32.1. The molecule has 1 atom stereocenters. The first-order valence-electron chi connectivity index (χ1n) is 4.58. The number of rotatable bonds is 4. The van der Waals surface area contributed by atoms with E-state index in [4.69, 9.17) is 0 Å². The van der Waals surface area contributed by atoms with E-state index in [-0.39, 0.29) is 11.7 Å². The third kappa shape index (κ3) is 2.62. The van der Waals surface area contributed by atoms with E-state index in [9.17, 15) is 9.59 Å². The minimum absolute atomic E-state index is 0.0911. The number of carbonyl (C=O) groups is 2. The van der Waals surface area contributed by atoms with Crippen molar-refractivity contribution in [2.75, 3.05) is 7.11 Å². The molecule has 1 aromatic rings. The zero-order valence-electron chi connectivity index (χ0n) is 8.89. The number of Topliss-reactive ketones (excluding diaryl/α,β-unsaturated/α-hetero) is 1. The minimum Gasteiger partial charge on any atom is -0.468 e. The van der Waals surface area contributed by atoms with Gasteiger partial charge in [0.1, 0.15) is 11.6 Å². The van der Waals surface area contributed by atoms with Gasteiger partial charge in [0.2, 0.25) is 0 Å². The molecule has 5 heteroatoms. The monoisotopic (exact) mass is 227 g/mol. The highest BCUT2D eigenvalue weighted by molar-refractivity contribution is 7.07. The van der Waals surface area contributed by atoms with Crippen molar-refractivity contribution in [3.63, 3.8) is 0 Å². The molecular formula is C10H13NO3S. The van der Waals surface area contributed by atoms with E-state index in [0.717, 1.165) is 0 Å². The average molecular weight is 227 g/mol. The van der Waals surface area contributed by atoms with E-state index in [1.165, 1.54) is 18.4 Å². The molecule has 0 aliphatic carbocycles. The molecular weight excluding hydrogens is 214 g/mol. The van der Waals surface area contributed by atoms with Crippen LogP contribution in [0.3, 0.4) is 0 Å². The van der Waals surface area contributed by atoms with Crippen LogP contribution >= 0.6 is 11.3 Å². The Balaban J connectivity index is 2.91. The third-order valence-electron chi connectivity index (χ3n) is 2.09. The van der Waals surface area contributed by atoms with Crippen molar-refractivity contribution in [3.8, 4) is 0 Å². The van der Waals surface area contributed by atoms with Gasteiger partial charge in [-0.25, -0.2) is 4.98 Å². The molecule has 15 heavy (non-hydrogen) atoms. The molecule has 0 saturated carbocycles. The van der Waals surface area contributed by atoms with Crippen LogP contribution in [0.25, 0.3) is 0 Å². The summed E-state index contributed by atoms with van der Waals surface area (Å²) in [7, 11) is 1.28. The lowest BCUT2D eigenvalue weighted by molar-refractivity contribution is -0.144. The van der Waals surface area contributed by atoms with Crippen LogP contribution in [0.15, 0.2) is 10.9 Å². The summed E-state index contributed by atoms with van der Waals surface area (Å²) < 4.78 is 4.61. The molecule has 0 N–H and O–H groups in total. The molecule has 0 aliphatic heterocycles. The van der Waals surface area contributed by atoms with Crippen LogP contribution < -0.4 is 0 Å². The van der Waals surface area contributed by atoms with E-state index in [2.05, 4.69) is 9.72 Å². The Kier molecular flexibility index (Phi) is 3.96. The Labute approximate surface area is 92.3 Å². The number of hydrogen-bond donors (Lipinski definition) is 0. The average Bonchev–Trinajstić information content (AvgIpc) is 2.69. The summed E-state index contributed by atoms with van der Waals surface area (Å²) in [5.74, 6) is -1.61. The van der Waals surface area contributed by atoms with Gasteiger partial charge in [-0.15, -0.1) is 11.3 Å². The van der Waals surface area contributed by atoms with Crippen LogP contribution in [0.1, 0.15) is 24.3 Å². The van der Waals surface area contributed by atoms with E-state index >= 15 is 0 Å². The molecule has 1 unspecified atom stereocenters. The maximum Gasteiger partial charge on any atom is 0.316 e. The first kappa shape index (κ1) is 11.8. The van der Waals surface area contributed by atoms with Crippen LogP contribution in [0.4, 0.5) is 0 Å². The third-order valence-corrected chi connectivity index (χ3v) is 2.68. The van der Waals surface area contributed by atoms with Crippen molar-refractivity contribution in [2.45, 2.75) is 13.8 Å². The summed E-state index contributed by atoms with van der Waals surface area (Å²) in [5, 5.41) is 1.64. The van der Waals surface area contributed by atoms with Crippen LogP contribution in [0, 0.1) is 11.8 Å². The molecule has 0 radical (unpaired) electrons. The maximum atomic E-state index is 11.9. The molecule has 0 spiro atoms. The van der Waals surface area contributed by atoms with E-state index in [0.29, 0.717) is 5.69 Å². The second kappa shape index (κ2) is 5.02. The van der Waals surface area contributed by atoms with Gasteiger partial charge in [0.25, 0.3) is 0 Å². The fourth-order valence-corrected chi connectivity index (χ4v) is 1.84. The molecule has 0 amide bonds. The zero-order valence-corrected chi connectivity index (χ0v) is 9.71. The van der Waals surface area contributed by atoms with Gasteiger partial charge < -0.3 is 4.74 Å². The summed E-state index contributed by atoms with van der Waals surface area (Å²) in [6, 6.07) is 0. The number of esters is 1. The van der Waals surface area contributed by atoms with Crippen LogP contribution in [-0.4, -0.2) is 23.8 Å². The first-order chi connectivity index (χ1) is 7.07. The number of aromatic nitrogens is 1. The number of nitrogens with zero attached hydrogens (tertiary/aromatic N) is 1. The van der Waals surface area contributed by atoms with Crippen LogP contribution in [0.5, 0.6) is 0 Å².